The molecule has 6 nitrogen and oxygen atoms in total. The van der Waals surface area contributed by atoms with Crippen LogP contribution >= 0.6 is 11.6 Å². The average Bonchev–Trinajstić information content (AvgIpc) is 2.84. The molecule has 1 N–H and O–H groups in total. The second-order valence-electron chi connectivity index (χ2n) is 4.84. The lowest BCUT2D eigenvalue weighted by molar-refractivity contribution is -0.115. The normalized spacial score (nSPS) is 11.4. The standard InChI is InChI=1S/C14H15ClN2O4S/c1-10-8-13(17-21-10)16-14(18)6-7-22(19,20)9-11-2-4-12(15)5-3-11/h2-5,8H,6-7,9H2,1H3,(H,16,17,18). The Bertz CT molecular complexity index is 753. The number of aromatic nitrogens is 1. The first-order chi connectivity index (χ1) is 10.3. The van der Waals surface area contributed by atoms with Crippen LogP contribution in [0, 0.1) is 6.92 Å². The van der Waals surface area contributed by atoms with Crippen LogP contribution in [0.5, 0.6) is 0 Å². The lowest BCUT2D eigenvalue weighted by Gasteiger charge is -2.05. The molecule has 0 radical (unpaired) electrons. The first kappa shape index (κ1) is 16.5. The molecule has 0 bridgehead atoms. The van der Waals surface area contributed by atoms with E-state index in [0.29, 0.717) is 16.3 Å². The summed E-state index contributed by atoms with van der Waals surface area (Å²) in [6, 6.07) is 8.12. The Morgan fingerprint density at radius 3 is 2.59 bits per heavy atom. The van der Waals surface area contributed by atoms with Crippen molar-refractivity contribution in [2.45, 2.75) is 19.1 Å². The topological polar surface area (TPSA) is 89.3 Å². The van der Waals surface area contributed by atoms with E-state index in [1.165, 1.54) is 0 Å². The number of nitrogens with one attached hydrogen (secondary N) is 1. The van der Waals surface area contributed by atoms with Gasteiger partial charge in [-0.05, 0) is 24.6 Å². The number of aryl methyl sites for hydroxylation is 1. The minimum absolute atomic E-state index is 0.124. The summed E-state index contributed by atoms with van der Waals surface area (Å²) in [6.07, 6.45) is -0.137. The van der Waals surface area contributed by atoms with Gasteiger partial charge in [-0.1, -0.05) is 28.9 Å². The summed E-state index contributed by atoms with van der Waals surface area (Å²) < 4.78 is 28.8. The number of hydrogen-bond acceptors (Lipinski definition) is 5. The number of halogens is 1. The van der Waals surface area contributed by atoms with Crippen molar-refractivity contribution >= 4 is 33.2 Å². The van der Waals surface area contributed by atoms with Crippen LogP contribution in [0.1, 0.15) is 17.7 Å². The van der Waals surface area contributed by atoms with Crippen LogP contribution < -0.4 is 5.32 Å². The zero-order valence-electron chi connectivity index (χ0n) is 11.9. The van der Waals surface area contributed by atoms with Crippen LogP contribution in [0.3, 0.4) is 0 Å². The van der Waals surface area contributed by atoms with E-state index in [-0.39, 0.29) is 23.7 Å². The quantitative estimate of drug-likeness (QED) is 0.871. The first-order valence-electron chi connectivity index (χ1n) is 6.52. The monoisotopic (exact) mass is 342 g/mol. The fourth-order valence-electron chi connectivity index (χ4n) is 1.79. The summed E-state index contributed by atoms with van der Waals surface area (Å²) >= 11 is 5.75. The molecule has 1 aromatic carbocycles. The van der Waals surface area contributed by atoms with E-state index in [0.717, 1.165) is 0 Å². The Kier molecular flexibility index (Phi) is 5.20. The summed E-state index contributed by atoms with van der Waals surface area (Å²) in [5.74, 6) is 0.0509. The van der Waals surface area contributed by atoms with E-state index in [2.05, 4.69) is 10.5 Å². The number of carbonyl (C=O) groups excluding carboxylic acids is 1. The zero-order valence-corrected chi connectivity index (χ0v) is 13.4. The van der Waals surface area contributed by atoms with Crippen molar-refractivity contribution in [1.29, 1.82) is 0 Å². The lowest BCUT2D eigenvalue weighted by atomic mass is 10.2. The Hall–Kier alpha value is -1.86. The summed E-state index contributed by atoms with van der Waals surface area (Å²) in [7, 11) is -3.38. The smallest absolute Gasteiger partial charge is 0.226 e. The van der Waals surface area contributed by atoms with Crippen molar-refractivity contribution in [3.8, 4) is 0 Å². The molecule has 8 heteroatoms. The number of amides is 1. The van der Waals surface area contributed by atoms with Crippen LogP contribution in [-0.2, 0) is 20.4 Å². The molecule has 1 amide bonds. The van der Waals surface area contributed by atoms with Crippen LogP contribution in [-0.4, -0.2) is 25.2 Å². The number of anilines is 1. The Balaban J connectivity index is 1.86. The molecule has 0 unspecified atom stereocenters. The van der Waals surface area contributed by atoms with Crippen LogP contribution in [0.25, 0.3) is 0 Å². The van der Waals surface area contributed by atoms with Gasteiger partial charge >= 0.3 is 0 Å². The van der Waals surface area contributed by atoms with Gasteiger partial charge in [0.05, 0.1) is 11.5 Å². The average molecular weight is 343 g/mol. The second-order valence-corrected chi connectivity index (χ2v) is 7.46. The molecule has 2 aromatic rings. The summed E-state index contributed by atoms with van der Waals surface area (Å²) in [4.78, 5) is 11.7. The van der Waals surface area contributed by atoms with Crippen LogP contribution in [0.15, 0.2) is 34.9 Å². The predicted octanol–water partition coefficient (Wildman–Crippen LogP) is 2.58. The molecule has 0 saturated heterocycles. The Morgan fingerprint density at radius 1 is 1.32 bits per heavy atom. The Labute approximate surface area is 133 Å². The number of benzene rings is 1. The number of rotatable bonds is 6. The molecule has 0 aliphatic carbocycles. The highest BCUT2D eigenvalue weighted by molar-refractivity contribution is 7.90. The van der Waals surface area contributed by atoms with E-state index in [1.54, 1.807) is 37.3 Å². The van der Waals surface area contributed by atoms with Gasteiger partial charge in [0.15, 0.2) is 15.7 Å². The maximum Gasteiger partial charge on any atom is 0.226 e. The van der Waals surface area contributed by atoms with Crippen molar-refractivity contribution in [1.82, 2.24) is 5.16 Å². The molecule has 0 fully saturated rings. The largest absolute Gasteiger partial charge is 0.360 e. The van der Waals surface area contributed by atoms with Crippen molar-refractivity contribution in [3.63, 3.8) is 0 Å². The minimum Gasteiger partial charge on any atom is -0.360 e. The highest BCUT2D eigenvalue weighted by Crippen LogP contribution is 2.13. The van der Waals surface area contributed by atoms with Gasteiger partial charge in [-0.2, -0.15) is 0 Å². The van der Waals surface area contributed by atoms with E-state index in [9.17, 15) is 13.2 Å². The summed E-state index contributed by atoms with van der Waals surface area (Å²) in [5, 5.41) is 6.63. The molecule has 0 atom stereocenters. The van der Waals surface area contributed by atoms with Gasteiger partial charge < -0.3 is 9.84 Å². The SMILES string of the molecule is Cc1cc(NC(=O)CCS(=O)(=O)Cc2ccc(Cl)cc2)no1. The third kappa shape index (κ3) is 5.16. The molecule has 0 saturated carbocycles. The molecule has 118 valence electrons. The fraction of sp³-hybridized carbons (Fsp3) is 0.286. The first-order valence-corrected chi connectivity index (χ1v) is 8.72. The molecular weight excluding hydrogens is 328 g/mol. The number of hydrogen-bond donors (Lipinski definition) is 1. The van der Waals surface area contributed by atoms with Gasteiger partial charge in [-0.15, -0.1) is 0 Å². The number of sulfone groups is 1. The Morgan fingerprint density at radius 2 is 2.00 bits per heavy atom. The van der Waals surface area contributed by atoms with E-state index in [4.69, 9.17) is 16.1 Å². The molecule has 0 spiro atoms. The van der Waals surface area contributed by atoms with Gasteiger partial charge in [0, 0.05) is 17.5 Å². The van der Waals surface area contributed by atoms with Crippen molar-refractivity contribution in [2.24, 2.45) is 0 Å². The van der Waals surface area contributed by atoms with Gasteiger partial charge in [0.25, 0.3) is 0 Å². The van der Waals surface area contributed by atoms with Gasteiger partial charge in [0.2, 0.25) is 5.91 Å². The highest BCUT2D eigenvalue weighted by Gasteiger charge is 2.15. The number of nitrogens with zero attached hydrogens (tertiary/aromatic N) is 1. The molecule has 1 heterocycles. The highest BCUT2D eigenvalue weighted by atomic mass is 35.5. The minimum atomic E-state index is -3.38. The van der Waals surface area contributed by atoms with Crippen LogP contribution in [0.2, 0.25) is 5.02 Å². The molecular formula is C14H15ClN2O4S. The maximum atomic E-state index is 12.0. The summed E-state index contributed by atoms with van der Waals surface area (Å²) in [5.41, 5.74) is 0.636. The van der Waals surface area contributed by atoms with Crippen LogP contribution in [0.4, 0.5) is 5.82 Å². The molecule has 22 heavy (non-hydrogen) atoms. The van der Waals surface area contributed by atoms with Gasteiger partial charge in [0.1, 0.15) is 5.76 Å². The molecule has 0 aliphatic rings. The third-order valence-corrected chi connectivity index (χ3v) is 4.69. The molecule has 1 aromatic heterocycles. The van der Waals surface area contributed by atoms with Gasteiger partial charge in [-0.3, -0.25) is 4.79 Å². The van der Waals surface area contributed by atoms with Crippen molar-refractivity contribution < 1.29 is 17.7 Å². The third-order valence-electron chi connectivity index (χ3n) is 2.84. The molecule has 2 rings (SSSR count). The van der Waals surface area contributed by atoms with Crippen molar-refractivity contribution in [2.75, 3.05) is 11.1 Å². The maximum absolute atomic E-state index is 12.0. The fourth-order valence-corrected chi connectivity index (χ4v) is 3.25. The van der Waals surface area contributed by atoms with E-state index in [1.807, 2.05) is 0 Å². The predicted molar refractivity (Wildman–Crippen MR) is 83.4 cm³/mol. The van der Waals surface area contributed by atoms with E-state index < -0.39 is 15.7 Å². The summed E-state index contributed by atoms with van der Waals surface area (Å²) in [6.45, 7) is 1.69. The van der Waals surface area contributed by atoms with E-state index >= 15 is 0 Å². The lowest BCUT2D eigenvalue weighted by Crippen LogP contribution is -2.18. The van der Waals surface area contributed by atoms with Gasteiger partial charge in [-0.25, -0.2) is 8.42 Å². The second kappa shape index (κ2) is 6.93. The molecule has 0 aliphatic heterocycles. The van der Waals surface area contributed by atoms with Crippen molar-refractivity contribution in [3.05, 3.63) is 46.7 Å². The zero-order chi connectivity index (χ0) is 16.2. The number of carbonyl (C=O) groups is 1.